The molecule has 6 nitrogen and oxygen atoms in total. The fourth-order valence-electron chi connectivity index (χ4n) is 3.73. The second kappa shape index (κ2) is 9.54. The maximum atomic E-state index is 13.3. The number of amides is 1. The molecule has 0 aliphatic carbocycles. The monoisotopic (exact) mass is 520 g/mol. The number of aromatic nitrogens is 2. The number of ether oxygens (including phenoxy) is 1. The number of halogens is 2. The highest BCUT2D eigenvalue weighted by molar-refractivity contribution is 7.80. The summed E-state index contributed by atoms with van der Waals surface area (Å²) in [5, 5.41) is 9.28. The molecule has 1 aliphatic heterocycles. The summed E-state index contributed by atoms with van der Waals surface area (Å²) in [6.07, 6.45) is 3.60. The maximum Gasteiger partial charge on any atom is 0.281 e. The summed E-state index contributed by atoms with van der Waals surface area (Å²) in [6, 6.07) is 21.9. The van der Waals surface area contributed by atoms with E-state index in [0.717, 1.165) is 22.6 Å². The molecule has 1 N–H and O–H groups in total. The van der Waals surface area contributed by atoms with Gasteiger partial charge < -0.3 is 10.1 Å². The van der Waals surface area contributed by atoms with Gasteiger partial charge in [-0.2, -0.15) is 5.10 Å². The molecule has 1 aromatic heterocycles. The molecular formula is C26H18Cl2N4O2S. The van der Waals surface area contributed by atoms with Crippen molar-refractivity contribution in [2.75, 3.05) is 12.0 Å². The molecule has 4 aromatic rings. The average Bonchev–Trinajstić information content (AvgIpc) is 3.40. The zero-order valence-corrected chi connectivity index (χ0v) is 20.7. The Balaban J connectivity index is 1.58. The van der Waals surface area contributed by atoms with Gasteiger partial charge in [0.05, 0.1) is 18.5 Å². The molecule has 0 unspecified atom stereocenters. The molecule has 5 rings (SSSR count). The summed E-state index contributed by atoms with van der Waals surface area (Å²) in [7, 11) is 1.62. The number of carbonyl (C=O) groups is 1. The summed E-state index contributed by atoms with van der Waals surface area (Å²) in [4.78, 5) is 14.7. The number of hydrogen-bond acceptors (Lipinski definition) is 4. The van der Waals surface area contributed by atoms with Crippen LogP contribution in [0.3, 0.4) is 0 Å². The molecule has 9 heteroatoms. The van der Waals surface area contributed by atoms with Gasteiger partial charge in [0.1, 0.15) is 17.1 Å². The molecule has 174 valence electrons. The Morgan fingerprint density at radius 1 is 0.971 bits per heavy atom. The Labute approximate surface area is 217 Å². The quantitative estimate of drug-likeness (QED) is 0.254. The third kappa shape index (κ3) is 4.66. The van der Waals surface area contributed by atoms with Gasteiger partial charge in [0.2, 0.25) is 0 Å². The molecule has 2 heterocycles. The highest BCUT2D eigenvalue weighted by Gasteiger charge is 2.32. The number of methoxy groups -OCH3 is 1. The number of benzene rings is 3. The molecule has 3 aromatic carbocycles. The van der Waals surface area contributed by atoms with Gasteiger partial charge in [-0.25, -0.2) is 4.68 Å². The van der Waals surface area contributed by atoms with E-state index in [4.69, 9.17) is 45.3 Å². The van der Waals surface area contributed by atoms with Gasteiger partial charge in [-0.05, 0) is 85.0 Å². The lowest BCUT2D eigenvalue weighted by Gasteiger charge is -2.13. The van der Waals surface area contributed by atoms with Crippen molar-refractivity contribution >= 4 is 58.2 Å². The van der Waals surface area contributed by atoms with Gasteiger partial charge in [0.15, 0.2) is 5.11 Å². The van der Waals surface area contributed by atoms with Crippen molar-refractivity contribution in [3.63, 3.8) is 0 Å². The van der Waals surface area contributed by atoms with E-state index in [1.807, 2.05) is 48.7 Å². The average molecular weight is 521 g/mol. The normalized spacial score (nSPS) is 14.5. The Bertz CT molecular complexity index is 1460. The first-order valence-corrected chi connectivity index (χ1v) is 11.7. The highest BCUT2D eigenvalue weighted by Crippen LogP contribution is 2.30. The molecule has 1 saturated heterocycles. The molecule has 0 saturated carbocycles. The summed E-state index contributed by atoms with van der Waals surface area (Å²) < 4.78 is 7.01. The predicted octanol–water partition coefficient (Wildman–Crippen LogP) is 6.12. The van der Waals surface area contributed by atoms with Crippen LogP contribution in [0.25, 0.3) is 23.0 Å². The number of nitrogens with one attached hydrogen (secondary N) is 1. The van der Waals surface area contributed by atoms with Crippen LogP contribution in [0.5, 0.6) is 5.75 Å². The number of hydrogen-bond donors (Lipinski definition) is 1. The summed E-state index contributed by atoms with van der Waals surface area (Å²) >= 11 is 17.6. The number of rotatable bonds is 5. The molecule has 1 aliphatic rings. The van der Waals surface area contributed by atoms with Crippen molar-refractivity contribution in [1.82, 2.24) is 15.1 Å². The third-order valence-electron chi connectivity index (χ3n) is 5.44. The maximum absolute atomic E-state index is 13.3. The first-order chi connectivity index (χ1) is 16.9. The van der Waals surface area contributed by atoms with E-state index in [0.29, 0.717) is 27.1 Å². The lowest BCUT2D eigenvalue weighted by molar-refractivity contribution is -0.113. The zero-order valence-electron chi connectivity index (χ0n) is 18.4. The van der Waals surface area contributed by atoms with Crippen molar-refractivity contribution in [2.45, 2.75) is 0 Å². The van der Waals surface area contributed by atoms with E-state index in [9.17, 15) is 4.79 Å². The van der Waals surface area contributed by atoms with Crippen LogP contribution in [0.4, 0.5) is 5.69 Å². The van der Waals surface area contributed by atoms with E-state index in [-0.39, 0.29) is 11.0 Å². The van der Waals surface area contributed by atoms with Crippen molar-refractivity contribution in [3.8, 4) is 22.7 Å². The lowest BCUT2D eigenvalue weighted by atomic mass is 10.1. The van der Waals surface area contributed by atoms with Crippen molar-refractivity contribution in [2.24, 2.45) is 0 Å². The van der Waals surface area contributed by atoms with Crippen LogP contribution < -0.4 is 15.0 Å². The molecule has 0 atom stereocenters. The largest absolute Gasteiger partial charge is 0.497 e. The second-order valence-electron chi connectivity index (χ2n) is 7.69. The van der Waals surface area contributed by atoms with E-state index < -0.39 is 0 Å². The Morgan fingerprint density at radius 2 is 1.71 bits per heavy atom. The van der Waals surface area contributed by atoms with Crippen molar-refractivity contribution in [1.29, 1.82) is 0 Å². The minimum atomic E-state index is -0.270. The first-order valence-electron chi connectivity index (χ1n) is 10.6. The fraction of sp³-hybridized carbons (Fsp3) is 0.0385. The van der Waals surface area contributed by atoms with Gasteiger partial charge in [-0.1, -0.05) is 29.3 Å². The van der Waals surface area contributed by atoms with Crippen LogP contribution in [0.15, 0.2) is 84.7 Å². The number of thiocarbonyl (C=S) groups is 1. The minimum absolute atomic E-state index is 0.270. The standard InChI is InChI=1S/C26H18Cl2N4O2S/c1-34-22-11-5-16(6-12-22)24-17(15-31(30-24)21-4-2-3-19(28)14-21)13-23-25(33)32(26(35)29-23)20-9-7-18(27)8-10-20/h2-15H,1H3,(H,29,35)/b23-13-. The molecule has 0 spiro atoms. The molecule has 1 amide bonds. The Hall–Kier alpha value is -3.65. The summed E-state index contributed by atoms with van der Waals surface area (Å²) in [6.45, 7) is 0. The number of anilines is 1. The number of nitrogens with zero attached hydrogens (tertiary/aromatic N) is 3. The lowest BCUT2D eigenvalue weighted by Crippen LogP contribution is -2.30. The van der Waals surface area contributed by atoms with Crippen LogP contribution in [-0.2, 0) is 4.79 Å². The topological polar surface area (TPSA) is 59.4 Å². The summed E-state index contributed by atoms with van der Waals surface area (Å²) in [5.41, 5.74) is 4.04. The van der Waals surface area contributed by atoms with E-state index in [1.165, 1.54) is 4.90 Å². The SMILES string of the molecule is COc1ccc(-c2nn(-c3cccc(Cl)c3)cc2/C=C2\NC(=S)N(c3ccc(Cl)cc3)C2=O)cc1. The van der Waals surface area contributed by atoms with Gasteiger partial charge in [0, 0.05) is 27.4 Å². The van der Waals surface area contributed by atoms with Crippen LogP contribution in [0, 0.1) is 0 Å². The van der Waals surface area contributed by atoms with Crippen molar-refractivity contribution < 1.29 is 9.53 Å². The summed E-state index contributed by atoms with van der Waals surface area (Å²) in [5.74, 6) is 0.466. The molecule has 0 radical (unpaired) electrons. The van der Waals surface area contributed by atoms with Crippen molar-refractivity contribution in [3.05, 3.63) is 100 Å². The first kappa shape index (κ1) is 23.1. The zero-order chi connectivity index (χ0) is 24.5. The third-order valence-corrected chi connectivity index (χ3v) is 6.21. The van der Waals surface area contributed by atoms with Crippen LogP contribution >= 0.6 is 35.4 Å². The van der Waals surface area contributed by atoms with Gasteiger partial charge in [0.25, 0.3) is 5.91 Å². The molecular weight excluding hydrogens is 503 g/mol. The van der Waals surface area contributed by atoms with E-state index in [2.05, 4.69) is 5.32 Å². The Morgan fingerprint density at radius 3 is 2.40 bits per heavy atom. The highest BCUT2D eigenvalue weighted by atomic mass is 35.5. The van der Waals surface area contributed by atoms with E-state index in [1.54, 1.807) is 48.2 Å². The second-order valence-corrected chi connectivity index (χ2v) is 8.95. The van der Waals surface area contributed by atoms with Crippen LogP contribution in [0.2, 0.25) is 10.0 Å². The van der Waals surface area contributed by atoms with Crippen LogP contribution in [0.1, 0.15) is 5.56 Å². The van der Waals surface area contributed by atoms with Crippen LogP contribution in [-0.4, -0.2) is 27.9 Å². The van der Waals surface area contributed by atoms with Gasteiger partial charge in [-0.3, -0.25) is 9.69 Å². The number of carbonyl (C=O) groups excluding carboxylic acids is 1. The Kier molecular flexibility index (Phi) is 6.30. The van der Waals surface area contributed by atoms with Gasteiger partial charge >= 0.3 is 0 Å². The molecule has 1 fully saturated rings. The predicted molar refractivity (Wildman–Crippen MR) is 143 cm³/mol. The van der Waals surface area contributed by atoms with E-state index >= 15 is 0 Å². The fourth-order valence-corrected chi connectivity index (χ4v) is 4.34. The molecule has 35 heavy (non-hydrogen) atoms. The van der Waals surface area contributed by atoms with Gasteiger partial charge in [-0.15, -0.1) is 0 Å². The minimum Gasteiger partial charge on any atom is -0.497 e. The molecule has 0 bridgehead atoms. The smallest absolute Gasteiger partial charge is 0.281 e.